The quantitative estimate of drug-likeness (QED) is 0.454. The molecule has 1 aromatic carbocycles. The minimum absolute atomic E-state index is 0.0390. The van der Waals surface area contributed by atoms with E-state index in [0.717, 1.165) is 32.3 Å². The first-order valence-electron chi connectivity index (χ1n) is 11.1. The van der Waals surface area contributed by atoms with Crippen LogP contribution in [0.4, 0.5) is 0 Å². The normalized spacial score (nSPS) is 27.2. The van der Waals surface area contributed by atoms with Crippen molar-refractivity contribution in [2.75, 3.05) is 6.61 Å². The molecule has 0 spiro atoms. The van der Waals surface area contributed by atoms with Gasteiger partial charge in [-0.1, -0.05) is 42.5 Å². The number of aromatic nitrogens is 2. The van der Waals surface area contributed by atoms with Crippen LogP contribution >= 0.6 is 0 Å². The number of fused-ring (bicyclic) bond motifs is 2. The predicted octanol–water partition coefficient (Wildman–Crippen LogP) is 4.38. The van der Waals surface area contributed by atoms with Crippen LogP contribution in [0.25, 0.3) is 0 Å². The van der Waals surface area contributed by atoms with E-state index < -0.39 is 5.97 Å². The number of rotatable bonds is 10. The Bertz CT molecular complexity index is 909. The average molecular weight is 423 g/mol. The number of carboxylic acids is 1. The smallest absolute Gasteiger partial charge is 0.303 e. The number of ether oxygens (including phenoxy) is 1. The molecule has 1 aliphatic heterocycles. The Morgan fingerprint density at radius 2 is 2.10 bits per heavy atom. The Labute approximate surface area is 182 Å². The lowest BCUT2D eigenvalue weighted by atomic mass is 9.69. The zero-order valence-electron chi connectivity index (χ0n) is 17.7. The summed E-state index contributed by atoms with van der Waals surface area (Å²) in [6.45, 7) is 0.736. The van der Waals surface area contributed by atoms with Gasteiger partial charge in [-0.2, -0.15) is 0 Å². The van der Waals surface area contributed by atoms with Gasteiger partial charge in [0, 0.05) is 30.7 Å². The maximum Gasteiger partial charge on any atom is 0.303 e. The summed E-state index contributed by atoms with van der Waals surface area (Å²) >= 11 is 0. The van der Waals surface area contributed by atoms with E-state index in [4.69, 9.17) is 9.84 Å². The average Bonchev–Trinajstić information content (AvgIpc) is 3.48. The van der Waals surface area contributed by atoms with Crippen LogP contribution in [-0.2, 0) is 16.0 Å². The topological polar surface area (TPSA) is 81.4 Å². The lowest BCUT2D eigenvalue weighted by Crippen LogP contribution is -2.39. The molecule has 164 valence electrons. The monoisotopic (exact) mass is 422 g/mol. The van der Waals surface area contributed by atoms with Gasteiger partial charge in [-0.15, -0.1) is 0 Å². The van der Waals surface area contributed by atoms with Crippen LogP contribution in [0.2, 0.25) is 0 Å². The molecule has 4 atom stereocenters. The van der Waals surface area contributed by atoms with Gasteiger partial charge in [-0.25, -0.2) is 4.98 Å². The first kappa shape index (κ1) is 21.5. The third-order valence-corrected chi connectivity index (χ3v) is 6.89. The number of hydrogen-bond acceptors (Lipinski definition) is 4. The molecule has 1 saturated heterocycles. The predicted molar refractivity (Wildman–Crippen MR) is 117 cm³/mol. The molecule has 2 heterocycles. The molecule has 2 bridgehead atoms. The fraction of sp³-hybridized carbons (Fsp3) is 0.480. The van der Waals surface area contributed by atoms with Gasteiger partial charge in [0.25, 0.3) is 0 Å². The van der Waals surface area contributed by atoms with Crippen LogP contribution in [0.5, 0.6) is 0 Å². The standard InChI is InChI=1S/C25H30N2O4/c28-23(27-13-12-26-18-27)14-20-21(10-6-1-2-7-11-24(29)30)25(16-22(20)31-17-25)15-19-8-4-3-5-9-19/h1,3-6,8-9,12-13,18,20-22H,2,7,10-11,14-17H2,(H,29,30)/t20-,21+,22+,25+/m0/s1. The van der Waals surface area contributed by atoms with E-state index in [1.54, 1.807) is 23.3 Å². The number of carboxylic acid groups (broad SMARTS) is 1. The summed E-state index contributed by atoms with van der Waals surface area (Å²) in [6.07, 6.45) is 14.2. The van der Waals surface area contributed by atoms with E-state index in [2.05, 4.69) is 41.4 Å². The highest BCUT2D eigenvalue weighted by Crippen LogP contribution is 2.57. The summed E-state index contributed by atoms with van der Waals surface area (Å²) in [5.74, 6) is -0.159. The zero-order chi connectivity index (χ0) is 21.7. The summed E-state index contributed by atoms with van der Waals surface area (Å²) < 4.78 is 7.76. The molecule has 0 unspecified atom stereocenters. The highest BCUT2D eigenvalue weighted by atomic mass is 16.5. The van der Waals surface area contributed by atoms with Crippen LogP contribution in [0.3, 0.4) is 0 Å². The first-order valence-corrected chi connectivity index (χ1v) is 11.1. The number of unbranched alkanes of at least 4 members (excludes halogenated alkanes) is 1. The Kier molecular flexibility index (Phi) is 6.66. The van der Waals surface area contributed by atoms with Gasteiger partial charge in [-0.3, -0.25) is 14.2 Å². The Morgan fingerprint density at radius 1 is 1.26 bits per heavy atom. The van der Waals surface area contributed by atoms with Gasteiger partial charge < -0.3 is 9.84 Å². The second-order valence-electron chi connectivity index (χ2n) is 8.91. The molecule has 1 saturated carbocycles. The Balaban J connectivity index is 1.49. The Hall–Kier alpha value is -2.73. The van der Waals surface area contributed by atoms with Crippen molar-refractivity contribution in [3.05, 3.63) is 66.8 Å². The third kappa shape index (κ3) is 4.96. The van der Waals surface area contributed by atoms with Gasteiger partial charge in [0.2, 0.25) is 5.91 Å². The van der Waals surface area contributed by atoms with Crippen molar-refractivity contribution in [2.45, 2.75) is 51.0 Å². The van der Waals surface area contributed by atoms with E-state index in [9.17, 15) is 9.59 Å². The number of aliphatic carboxylic acids is 1. The molecular formula is C25H30N2O4. The van der Waals surface area contributed by atoms with E-state index >= 15 is 0 Å². The van der Waals surface area contributed by atoms with Crippen molar-refractivity contribution in [1.29, 1.82) is 0 Å². The molecule has 1 N–H and O–H groups in total. The maximum atomic E-state index is 12.8. The molecule has 1 aliphatic carbocycles. The fourth-order valence-corrected chi connectivity index (χ4v) is 5.44. The Morgan fingerprint density at radius 3 is 2.84 bits per heavy atom. The van der Waals surface area contributed by atoms with E-state index in [0.29, 0.717) is 18.8 Å². The summed E-state index contributed by atoms with van der Waals surface area (Å²) in [5.41, 5.74) is 1.35. The molecule has 2 aromatic rings. The minimum Gasteiger partial charge on any atom is -0.481 e. The molecule has 2 fully saturated rings. The van der Waals surface area contributed by atoms with E-state index in [-0.39, 0.29) is 29.8 Å². The minimum atomic E-state index is -0.751. The van der Waals surface area contributed by atoms with Crippen LogP contribution in [0.1, 0.15) is 48.9 Å². The molecule has 2 aliphatic rings. The van der Waals surface area contributed by atoms with Crippen molar-refractivity contribution < 1.29 is 19.4 Å². The number of imidazole rings is 1. The molecule has 1 aromatic heterocycles. The summed E-state index contributed by atoms with van der Waals surface area (Å²) in [5, 5.41) is 8.81. The largest absolute Gasteiger partial charge is 0.481 e. The number of benzene rings is 1. The van der Waals surface area contributed by atoms with Crippen molar-refractivity contribution in [1.82, 2.24) is 9.55 Å². The fourth-order valence-electron chi connectivity index (χ4n) is 5.44. The number of allylic oxidation sites excluding steroid dienone is 2. The van der Waals surface area contributed by atoms with E-state index in [1.165, 1.54) is 5.56 Å². The van der Waals surface area contributed by atoms with Gasteiger partial charge in [0.15, 0.2) is 0 Å². The number of nitrogens with zero attached hydrogens (tertiary/aromatic N) is 2. The van der Waals surface area contributed by atoms with Gasteiger partial charge in [0.05, 0.1) is 12.7 Å². The highest BCUT2D eigenvalue weighted by Gasteiger charge is 2.58. The molecule has 6 nitrogen and oxygen atoms in total. The van der Waals surface area contributed by atoms with E-state index in [1.807, 2.05) is 6.07 Å². The van der Waals surface area contributed by atoms with Gasteiger partial charge >= 0.3 is 5.97 Å². The molecule has 6 heteroatoms. The molecule has 4 rings (SSSR count). The second-order valence-corrected chi connectivity index (χ2v) is 8.91. The molecule has 0 radical (unpaired) electrons. The molecule has 0 amide bonds. The molecular weight excluding hydrogens is 392 g/mol. The summed E-state index contributed by atoms with van der Waals surface area (Å²) in [4.78, 5) is 27.5. The summed E-state index contributed by atoms with van der Waals surface area (Å²) in [6, 6.07) is 10.5. The van der Waals surface area contributed by atoms with Crippen LogP contribution in [0.15, 0.2) is 61.2 Å². The number of carbonyl (C=O) groups is 2. The SMILES string of the molecule is O=C(O)CCCC=CC[C@@H]1[C@H](CC(=O)n2ccnc2)[C@H]2C[C@]1(Cc1ccccc1)CO2. The highest BCUT2D eigenvalue weighted by molar-refractivity contribution is 5.79. The summed E-state index contributed by atoms with van der Waals surface area (Å²) in [7, 11) is 0. The van der Waals surface area contributed by atoms with Crippen molar-refractivity contribution in [2.24, 2.45) is 17.3 Å². The second kappa shape index (κ2) is 9.60. The lowest BCUT2D eigenvalue weighted by Gasteiger charge is -2.39. The van der Waals surface area contributed by atoms with Crippen LogP contribution in [-0.4, -0.2) is 39.2 Å². The van der Waals surface area contributed by atoms with Crippen molar-refractivity contribution in [3.63, 3.8) is 0 Å². The maximum absolute atomic E-state index is 12.8. The first-order chi connectivity index (χ1) is 15.1. The number of carbonyl (C=O) groups excluding carboxylic acids is 1. The lowest BCUT2D eigenvalue weighted by molar-refractivity contribution is -0.137. The zero-order valence-corrected chi connectivity index (χ0v) is 17.7. The van der Waals surface area contributed by atoms with Crippen LogP contribution < -0.4 is 0 Å². The third-order valence-electron chi connectivity index (χ3n) is 6.89. The van der Waals surface area contributed by atoms with Crippen molar-refractivity contribution in [3.8, 4) is 0 Å². The molecule has 31 heavy (non-hydrogen) atoms. The van der Waals surface area contributed by atoms with Crippen LogP contribution in [0, 0.1) is 17.3 Å². The van der Waals surface area contributed by atoms with Gasteiger partial charge in [-0.05, 0) is 49.5 Å². The van der Waals surface area contributed by atoms with Crippen molar-refractivity contribution >= 4 is 11.9 Å². The number of hydrogen-bond donors (Lipinski definition) is 1. The van der Waals surface area contributed by atoms with Gasteiger partial charge in [0.1, 0.15) is 6.33 Å².